The van der Waals surface area contributed by atoms with Gasteiger partial charge >= 0.3 is 5.97 Å². The summed E-state index contributed by atoms with van der Waals surface area (Å²) in [6.45, 7) is 2.56. The lowest BCUT2D eigenvalue weighted by molar-refractivity contribution is -0.136. The fourth-order valence-electron chi connectivity index (χ4n) is 3.77. The van der Waals surface area contributed by atoms with Crippen LogP contribution in [0, 0.1) is 0 Å². The number of carbonyl (C=O) groups excluding carboxylic acids is 1. The van der Waals surface area contributed by atoms with Crippen LogP contribution in [0.4, 0.5) is 5.69 Å². The zero-order valence-electron chi connectivity index (χ0n) is 17.2. The number of carbonyl (C=O) groups is 1. The Bertz CT molecular complexity index is 1160. The van der Waals surface area contributed by atoms with E-state index in [0.29, 0.717) is 17.0 Å². The Balaban J connectivity index is 1.73. The van der Waals surface area contributed by atoms with Gasteiger partial charge in [-0.15, -0.1) is 0 Å². The van der Waals surface area contributed by atoms with Crippen molar-refractivity contribution in [3.63, 3.8) is 0 Å². The molecule has 1 saturated heterocycles. The number of sulfonamides is 1. The van der Waals surface area contributed by atoms with Crippen LogP contribution in [-0.4, -0.2) is 43.9 Å². The molecule has 7 nitrogen and oxygen atoms in total. The first kappa shape index (κ1) is 21.5. The lowest BCUT2D eigenvalue weighted by Crippen LogP contribution is -2.42. The molecular formula is C22H23N3O4S2. The Hall–Kier alpha value is -2.78. The first-order valence-corrected chi connectivity index (χ1v) is 12.3. The van der Waals surface area contributed by atoms with Gasteiger partial charge in [0.15, 0.2) is 5.17 Å². The van der Waals surface area contributed by atoms with E-state index in [4.69, 9.17) is 4.74 Å². The number of hydrogen-bond donors (Lipinski definition) is 1. The summed E-state index contributed by atoms with van der Waals surface area (Å²) in [5, 5.41) is 0.872. The van der Waals surface area contributed by atoms with Gasteiger partial charge < -0.3 is 9.64 Å². The number of anilines is 1. The third-order valence-electron chi connectivity index (χ3n) is 5.17. The van der Waals surface area contributed by atoms with Gasteiger partial charge in [-0.05, 0) is 43.2 Å². The maximum absolute atomic E-state index is 12.8. The van der Waals surface area contributed by atoms with E-state index in [1.54, 1.807) is 67.2 Å². The average molecular weight is 458 g/mol. The molecule has 2 aromatic rings. The highest BCUT2D eigenvalue weighted by Gasteiger charge is 2.37. The van der Waals surface area contributed by atoms with Crippen molar-refractivity contribution < 1.29 is 17.9 Å². The van der Waals surface area contributed by atoms with Gasteiger partial charge in [0.05, 0.1) is 29.3 Å². The van der Waals surface area contributed by atoms with Gasteiger partial charge in [0.1, 0.15) is 0 Å². The molecule has 1 N–H and O–H groups in total. The van der Waals surface area contributed by atoms with Crippen LogP contribution >= 0.6 is 11.8 Å². The number of rotatable bonds is 5. The zero-order chi connectivity index (χ0) is 22.0. The smallest absolute Gasteiger partial charge is 0.338 e. The van der Waals surface area contributed by atoms with Crippen LogP contribution in [0.2, 0.25) is 0 Å². The summed E-state index contributed by atoms with van der Waals surface area (Å²) in [6, 6.07) is 15.0. The van der Waals surface area contributed by atoms with Gasteiger partial charge in [0.2, 0.25) is 0 Å². The van der Waals surface area contributed by atoms with Crippen molar-refractivity contribution in [2.45, 2.75) is 24.3 Å². The number of hydrogen-bond acceptors (Lipinski definition) is 7. The maximum Gasteiger partial charge on any atom is 0.338 e. The Morgan fingerprint density at radius 2 is 1.97 bits per heavy atom. The highest BCUT2D eigenvalue weighted by molar-refractivity contribution is 8.13. The van der Waals surface area contributed by atoms with E-state index in [9.17, 15) is 13.2 Å². The molecule has 1 atom stereocenters. The fraction of sp³-hybridized carbons (Fsp3) is 0.273. The van der Waals surface area contributed by atoms with Gasteiger partial charge in [0, 0.05) is 18.0 Å². The zero-order valence-corrected chi connectivity index (χ0v) is 18.9. The molecule has 0 spiro atoms. The highest BCUT2D eigenvalue weighted by atomic mass is 32.2. The Labute approximate surface area is 186 Å². The van der Waals surface area contributed by atoms with Gasteiger partial charge in [-0.1, -0.05) is 42.1 Å². The Morgan fingerprint density at radius 1 is 1.19 bits per heavy atom. The molecule has 0 aromatic heterocycles. The van der Waals surface area contributed by atoms with Crippen LogP contribution in [0.25, 0.3) is 0 Å². The van der Waals surface area contributed by atoms with Crippen molar-refractivity contribution in [2.24, 2.45) is 4.99 Å². The molecule has 2 aliphatic rings. The van der Waals surface area contributed by atoms with E-state index < -0.39 is 22.0 Å². The van der Waals surface area contributed by atoms with Crippen LogP contribution in [0.15, 0.2) is 75.8 Å². The van der Waals surface area contributed by atoms with Crippen molar-refractivity contribution >= 4 is 38.6 Å². The highest BCUT2D eigenvalue weighted by Crippen LogP contribution is 2.40. The van der Waals surface area contributed by atoms with Gasteiger partial charge in [-0.25, -0.2) is 18.2 Å². The lowest BCUT2D eigenvalue weighted by atomic mass is 9.94. The van der Waals surface area contributed by atoms with E-state index in [2.05, 4.69) is 14.6 Å². The van der Waals surface area contributed by atoms with E-state index in [1.165, 1.54) is 7.11 Å². The van der Waals surface area contributed by atoms with E-state index in [1.807, 2.05) is 6.07 Å². The monoisotopic (exact) mass is 457 g/mol. The normalized spacial score (nSPS) is 18.8. The van der Waals surface area contributed by atoms with Crippen LogP contribution in [0.3, 0.4) is 0 Å². The minimum Gasteiger partial charge on any atom is -0.466 e. The molecule has 0 aliphatic carbocycles. The number of esters is 1. The number of fused-ring (bicyclic) bond motifs is 1. The van der Waals surface area contributed by atoms with Gasteiger partial charge in [-0.3, -0.25) is 4.72 Å². The van der Waals surface area contributed by atoms with Crippen LogP contribution in [-0.2, 0) is 19.6 Å². The predicted molar refractivity (Wildman–Crippen MR) is 122 cm³/mol. The van der Waals surface area contributed by atoms with Crippen molar-refractivity contribution in [3.05, 3.63) is 71.4 Å². The number of amidine groups is 1. The third kappa shape index (κ3) is 4.33. The number of allylic oxidation sites excluding steroid dienone is 1. The predicted octanol–water partition coefficient (Wildman–Crippen LogP) is 3.78. The molecule has 9 heteroatoms. The summed E-state index contributed by atoms with van der Waals surface area (Å²) in [5.74, 6) is 0.538. The molecule has 0 bridgehead atoms. The molecule has 2 heterocycles. The molecule has 2 aliphatic heterocycles. The van der Waals surface area contributed by atoms with Crippen LogP contribution in [0.5, 0.6) is 0 Å². The number of benzene rings is 2. The second kappa shape index (κ2) is 8.76. The van der Waals surface area contributed by atoms with Crippen LogP contribution in [0.1, 0.15) is 24.9 Å². The van der Waals surface area contributed by atoms with Crippen LogP contribution < -0.4 is 4.72 Å². The second-order valence-electron chi connectivity index (χ2n) is 7.23. The largest absolute Gasteiger partial charge is 0.466 e. The minimum absolute atomic E-state index is 0.186. The van der Waals surface area contributed by atoms with Gasteiger partial charge in [-0.2, -0.15) is 0 Å². The quantitative estimate of drug-likeness (QED) is 0.688. The summed E-state index contributed by atoms with van der Waals surface area (Å²) in [4.78, 5) is 19.5. The SMILES string of the molecule is COC(=O)C1=C(C)N=C2SCCCN2C1c1cccc(NS(=O)(=O)c2ccccc2)c1. The summed E-state index contributed by atoms with van der Waals surface area (Å²) in [7, 11) is -2.37. The van der Waals surface area contributed by atoms with Crippen molar-refractivity contribution in [1.29, 1.82) is 0 Å². The molecule has 0 saturated carbocycles. The first-order chi connectivity index (χ1) is 14.9. The first-order valence-electron chi connectivity index (χ1n) is 9.86. The number of nitrogens with zero attached hydrogens (tertiary/aromatic N) is 2. The number of aliphatic imine (C=N–C) groups is 1. The second-order valence-corrected chi connectivity index (χ2v) is 9.97. The standard InChI is InChI=1S/C22H23N3O4S2/c1-15-19(21(26)29-2)20(25-12-7-13-30-22(25)23-15)16-8-6-9-17(14-16)24-31(27,28)18-10-4-3-5-11-18/h3-6,8-11,14,20,24H,7,12-13H2,1-2H3. The Kier molecular flexibility index (Phi) is 6.06. The summed E-state index contributed by atoms with van der Waals surface area (Å²) < 4.78 is 33.2. The lowest BCUT2D eigenvalue weighted by Gasteiger charge is -2.40. The topological polar surface area (TPSA) is 88.1 Å². The van der Waals surface area contributed by atoms with Crippen molar-refractivity contribution in [3.8, 4) is 0 Å². The Morgan fingerprint density at radius 3 is 2.71 bits per heavy atom. The minimum atomic E-state index is -3.72. The molecule has 2 aromatic carbocycles. The molecule has 4 rings (SSSR count). The fourth-order valence-corrected chi connectivity index (χ4v) is 5.86. The number of nitrogens with one attached hydrogen (secondary N) is 1. The molecule has 0 amide bonds. The molecule has 162 valence electrons. The molecular weight excluding hydrogens is 434 g/mol. The van der Waals surface area contributed by atoms with Gasteiger partial charge in [0.25, 0.3) is 10.0 Å². The third-order valence-corrected chi connectivity index (χ3v) is 7.65. The van der Waals surface area contributed by atoms with E-state index in [-0.39, 0.29) is 4.90 Å². The number of thioether (sulfide) groups is 1. The molecule has 31 heavy (non-hydrogen) atoms. The van der Waals surface area contributed by atoms with E-state index >= 15 is 0 Å². The van der Waals surface area contributed by atoms with Crippen molar-refractivity contribution in [2.75, 3.05) is 24.1 Å². The molecule has 0 radical (unpaired) electrons. The number of methoxy groups -OCH3 is 1. The number of ether oxygens (including phenoxy) is 1. The maximum atomic E-state index is 12.8. The average Bonchev–Trinajstić information content (AvgIpc) is 2.78. The summed E-state index contributed by atoms with van der Waals surface area (Å²) in [6.07, 6.45) is 0.966. The molecule has 1 unspecified atom stereocenters. The van der Waals surface area contributed by atoms with E-state index in [0.717, 1.165) is 29.4 Å². The summed E-state index contributed by atoms with van der Waals surface area (Å²) >= 11 is 1.66. The molecule has 1 fully saturated rings. The summed E-state index contributed by atoms with van der Waals surface area (Å²) in [5.41, 5.74) is 2.31. The van der Waals surface area contributed by atoms with Crippen molar-refractivity contribution in [1.82, 2.24) is 4.90 Å².